The molecule has 0 aliphatic carbocycles. The third-order valence-corrected chi connectivity index (χ3v) is 5.89. The van der Waals surface area contributed by atoms with E-state index in [1.54, 1.807) is 0 Å². The standard InChI is InChI=1S/C27H24N6O3/c1-16-12-19(25(34)24(13-16)33-30-22-6-4-5-7-23(22)31-33)15-32(3)20-10-8-18(9-11-20)14-21-26(35)28-17(2)29-27(21)36/h4-14,34H,2,15H2,1,3H3,(H,28,35)(H,29,36). The molecule has 0 aliphatic rings. The van der Waals surface area contributed by atoms with Gasteiger partial charge in [0, 0.05) is 24.8 Å². The summed E-state index contributed by atoms with van der Waals surface area (Å²) in [5, 5.41) is 20.1. The van der Waals surface area contributed by atoms with Gasteiger partial charge in [0.05, 0.1) is 0 Å². The monoisotopic (exact) mass is 480 g/mol. The van der Waals surface area contributed by atoms with Crippen molar-refractivity contribution in [3.63, 3.8) is 0 Å². The van der Waals surface area contributed by atoms with Crippen LogP contribution in [0.5, 0.6) is 5.75 Å². The Morgan fingerprint density at radius 2 is 1.61 bits per heavy atom. The lowest BCUT2D eigenvalue weighted by atomic mass is 10.1. The number of benzene rings is 3. The molecule has 36 heavy (non-hydrogen) atoms. The number of fused-ring (bicyclic) bond motifs is 1. The number of hydrogen-bond donors (Lipinski definition) is 3. The van der Waals surface area contributed by atoms with Crippen molar-refractivity contribution in [1.29, 1.82) is 0 Å². The van der Waals surface area contributed by atoms with E-state index in [0.717, 1.165) is 27.8 Å². The number of nitrogens with zero attached hydrogens (tertiary/aromatic N) is 4. The number of aryl methyl sites for hydroxylation is 1. The van der Waals surface area contributed by atoms with Crippen LogP contribution >= 0.6 is 0 Å². The van der Waals surface area contributed by atoms with Crippen molar-refractivity contribution >= 4 is 29.4 Å². The Morgan fingerprint density at radius 3 is 2.22 bits per heavy atom. The van der Waals surface area contributed by atoms with E-state index in [2.05, 4.69) is 26.7 Å². The molecule has 2 aromatic heterocycles. The quantitative estimate of drug-likeness (QED) is 0.352. The molecule has 0 saturated carbocycles. The summed E-state index contributed by atoms with van der Waals surface area (Å²) in [5.74, 6) is 0.116. The van der Waals surface area contributed by atoms with Gasteiger partial charge in [-0.05, 0) is 54.5 Å². The number of anilines is 1. The van der Waals surface area contributed by atoms with Gasteiger partial charge in [-0.25, -0.2) is 0 Å². The Hall–Kier alpha value is -4.92. The summed E-state index contributed by atoms with van der Waals surface area (Å²) in [6.45, 7) is 5.95. The Bertz CT molecular complexity index is 1750. The number of phenols is 1. The molecule has 0 amide bonds. The molecule has 0 unspecified atom stereocenters. The summed E-state index contributed by atoms with van der Waals surface area (Å²) >= 11 is 0. The van der Waals surface area contributed by atoms with Gasteiger partial charge in [0.25, 0.3) is 11.1 Å². The largest absolute Gasteiger partial charge is 0.505 e. The van der Waals surface area contributed by atoms with Crippen LogP contribution in [0.1, 0.15) is 16.7 Å². The normalized spacial score (nSPS) is 11.1. The summed E-state index contributed by atoms with van der Waals surface area (Å²) < 4.78 is 0. The van der Waals surface area contributed by atoms with Gasteiger partial charge in [-0.15, -0.1) is 15.0 Å². The van der Waals surface area contributed by atoms with Crippen LogP contribution in [-0.2, 0) is 6.54 Å². The number of nitrogens with one attached hydrogen (secondary N) is 2. The molecule has 0 saturated heterocycles. The minimum Gasteiger partial charge on any atom is -0.505 e. The van der Waals surface area contributed by atoms with Crippen molar-refractivity contribution in [2.45, 2.75) is 13.5 Å². The number of aromatic nitrogens is 5. The fraction of sp³-hybridized carbons (Fsp3) is 0.111. The fourth-order valence-corrected chi connectivity index (χ4v) is 4.09. The molecule has 3 aromatic carbocycles. The molecule has 0 spiro atoms. The van der Waals surface area contributed by atoms with Gasteiger partial charge in [0.1, 0.15) is 33.2 Å². The minimum absolute atomic E-state index is 0.0145. The zero-order chi connectivity index (χ0) is 25.4. The van der Waals surface area contributed by atoms with Crippen molar-refractivity contribution in [2.24, 2.45) is 0 Å². The highest BCUT2D eigenvalue weighted by molar-refractivity contribution is 5.73. The molecule has 5 aromatic rings. The number of phenolic OH excluding ortho intramolecular Hbond substituents is 1. The average Bonchev–Trinajstić information content (AvgIpc) is 3.28. The molecule has 0 bridgehead atoms. The van der Waals surface area contributed by atoms with E-state index < -0.39 is 11.1 Å². The predicted molar refractivity (Wildman–Crippen MR) is 140 cm³/mol. The zero-order valence-electron chi connectivity index (χ0n) is 19.8. The lowest BCUT2D eigenvalue weighted by Gasteiger charge is -2.21. The van der Waals surface area contributed by atoms with E-state index in [4.69, 9.17) is 0 Å². The Morgan fingerprint density at radius 1 is 1.00 bits per heavy atom. The second-order valence-corrected chi connectivity index (χ2v) is 8.66. The van der Waals surface area contributed by atoms with Gasteiger partial charge in [-0.3, -0.25) is 9.59 Å². The Balaban J connectivity index is 1.42. The summed E-state index contributed by atoms with van der Waals surface area (Å²) in [6, 6.07) is 18.8. The van der Waals surface area contributed by atoms with Gasteiger partial charge in [-0.2, -0.15) is 0 Å². The molecular weight excluding hydrogens is 456 g/mol. The van der Waals surface area contributed by atoms with E-state index in [-0.39, 0.29) is 16.4 Å². The van der Waals surface area contributed by atoms with E-state index >= 15 is 0 Å². The molecule has 0 aliphatic heterocycles. The second-order valence-electron chi connectivity index (χ2n) is 8.66. The number of hydrogen-bond acceptors (Lipinski definition) is 6. The lowest BCUT2D eigenvalue weighted by molar-refractivity contribution is 0.460. The molecular formula is C27H24N6O3. The average molecular weight is 481 g/mol. The molecule has 0 radical (unpaired) electrons. The zero-order valence-corrected chi connectivity index (χ0v) is 19.8. The van der Waals surface area contributed by atoms with E-state index in [0.29, 0.717) is 17.8 Å². The highest BCUT2D eigenvalue weighted by atomic mass is 16.3. The van der Waals surface area contributed by atoms with Crippen LogP contribution in [-0.4, -0.2) is 37.1 Å². The Kier molecular flexibility index (Phi) is 5.73. The molecule has 180 valence electrons. The third kappa shape index (κ3) is 4.41. The van der Waals surface area contributed by atoms with Crippen molar-refractivity contribution in [3.05, 3.63) is 109 Å². The predicted octanol–water partition coefficient (Wildman–Crippen LogP) is 1.69. The van der Waals surface area contributed by atoms with Crippen molar-refractivity contribution in [2.75, 3.05) is 11.9 Å². The maximum Gasteiger partial charge on any atom is 0.262 e. The van der Waals surface area contributed by atoms with Crippen LogP contribution in [0.25, 0.3) is 29.4 Å². The first-order chi connectivity index (χ1) is 17.3. The van der Waals surface area contributed by atoms with E-state index in [1.165, 1.54) is 10.9 Å². The molecule has 0 atom stereocenters. The van der Waals surface area contributed by atoms with Crippen LogP contribution in [0.2, 0.25) is 0 Å². The fourth-order valence-electron chi connectivity index (χ4n) is 4.09. The van der Waals surface area contributed by atoms with Crippen LogP contribution < -0.4 is 26.7 Å². The second kappa shape index (κ2) is 9.03. The number of aromatic amines is 2. The van der Waals surface area contributed by atoms with Gasteiger partial charge >= 0.3 is 0 Å². The van der Waals surface area contributed by atoms with Crippen molar-refractivity contribution < 1.29 is 5.11 Å². The van der Waals surface area contributed by atoms with Crippen LogP contribution in [0, 0.1) is 6.92 Å². The molecule has 9 nitrogen and oxygen atoms in total. The van der Waals surface area contributed by atoms with Gasteiger partial charge in [-0.1, -0.05) is 36.9 Å². The van der Waals surface area contributed by atoms with E-state index in [1.807, 2.05) is 79.5 Å². The van der Waals surface area contributed by atoms with Gasteiger partial charge in [0.15, 0.2) is 0 Å². The molecule has 2 heterocycles. The van der Waals surface area contributed by atoms with Crippen molar-refractivity contribution in [1.82, 2.24) is 25.0 Å². The first kappa shape index (κ1) is 22.9. The summed E-state index contributed by atoms with van der Waals surface area (Å²) in [4.78, 5) is 32.6. The molecule has 5 rings (SSSR count). The first-order valence-electron chi connectivity index (χ1n) is 11.3. The van der Waals surface area contributed by atoms with Crippen LogP contribution in [0.3, 0.4) is 0 Å². The number of H-pyrrole nitrogens is 2. The summed E-state index contributed by atoms with van der Waals surface area (Å²) in [5.41, 5.74) is 4.51. The molecule has 3 N–H and O–H groups in total. The highest BCUT2D eigenvalue weighted by Crippen LogP contribution is 2.30. The minimum atomic E-state index is -0.491. The summed E-state index contributed by atoms with van der Waals surface area (Å²) in [7, 11) is 1.92. The van der Waals surface area contributed by atoms with Crippen LogP contribution in [0.15, 0.2) is 70.3 Å². The lowest BCUT2D eigenvalue weighted by Crippen LogP contribution is -2.47. The highest BCUT2D eigenvalue weighted by Gasteiger charge is 2.15. The topological polar surface area (TPSA) is 120 Å². The van der Waals surface area contributed by atoms with E-state index in [9.17, 15) is 14.7 Å². The Labute approximate surface area is 205 Å². The molecule has 0 fully saturated rings. The van der Waals surface area contributed by atoms with Crippen molar-refractivity contribution in [3.8, 4) is 11.4 Å². The smallest absolute Gasteiger partial charge is 0.262 e. The van der Waals surface area contributed by atoms with Gasteiger partial charge < -0.3 is 20.0 Å². The van der Waals surface area contributed by atoms with Crippen LogP contribution in [0.4, 0.5) is 5.69 Å². The third-order valence-electron chi connectivity index (χ3n) is 5.89. The molecule has 9 heteroatoms. The maximum atomic E-state index is 12.1. The van der Waals surface area contributed by atoms with Gasteiger partial charge in [0.2, 0.25) is 0 Å². The SMILES string of the molecule is C=c1[nH]c(=O)c(=Cc2ccc(N(C)Cc3cc(C)cc(-n4nc5ccccc5n4)c3O)cc2)c(=O)[nH]1. The number of aromatic hydroxyl groups is 1. The maximum absolute atomic E-state index is 12.1. The number of rotatable bonds is 5. The summed E-state index contributed by atoms with van der Waals surface area (Å²) in [6.07, 6.45) is 1.53. The first-order valence-corrected chi connectivity index (χ1v) is 11.3.